The lowest BCUT2D eigenvalue weighted by atomic mass is 9.98. The van der Waals surface area contributed by atoms with E-state index in [0.29, 0.717) is 22.5 Å². The summed E-state index contributed by atoms with van der Waals surface area (Å²) < 4.78 is 0. The molecular formula is C20H14N2O3. The Morgan fingerprint density at radius 3 is 2.04 bits per heavy atom. The molecule has 25 heavy (non-hydrogen) atoms. The van der Waals surface area contributed by atoms with E-state index in [4.69, 9.17) is 0 Å². The highest BCUT2D eigenvalue weighted by Gasteiger charge is 2.38. The third kappa shape index (κ3) is 2.32. The number of carbonyl (C=O) groups is 3. The van der Waals surface area contributed by atoms with Crippen molar-refractivity contribution in [3.05, 3.63) is 77.4 Å². The van der Waals surface area contributed by atoms with Gasteiger partial charge < -0.3 is 0 Å². The fourth-order valence-corrected chi connectivity index (χ4v) is 3.12. The van der Waals surface area contributed by atoms with E-state index in [1.807, 2.05) is 18.2 Å². The van der Waals surface area contributed by atoms with Crippen LogP contribution >= 0.6 is 0 Å². The summed E-state index contributed by atoms with van der Waals surface area (Å²) in [7, 11) is 0. The van der Waals surface area contributed by atoms with E-state index in [2.05, 4.69) is 5.10 Å². The van der Waals surface area contributed by atoms with E-state index in [1.165, 1.54) is 11.1 Å². The quantitative estimate of drug-likeness (QED) is 0.628. The first kappa shape index (κ1) is 15.2. The molecule has 1 atom stereocenters. The molecule has 2 aromatic carbocycles. The minimum atomic E-state index is -0.711. The maximum absolute atomic E-state index is 12.7. The van der Waals surface area contributed by atoms with Crippen LogP contribution in [0.15, 0.2) is 71.3 Å². The summed E-state index contributed by atoms with van der Waals surface area (Å²) in [6.45, 7) is 1.72. The highest BCUT2D eigenvalue weighted by molar-refractivity contribution is 6.40. The Hall–Kier alpha value is -3.34. The summed E-state index contributed by atoms with van der Waals surface area (Å²) >= 11 is 0. The average molecular weight is 330 g/mol. The third-order valence-corrected chi connectivity index (χ3v) is 4.42. The molecule has 122 valence electrons. The van der Waals surface area contributed by atoms with E-state index in [1.54, 1.807) is 43.3 Å². The maximum atomic E-state index is 12.7. The monoisotopic (exact) mass is 330 g/mol. The van der Waals surface area contributed by atoms with Gasteiger partial charge in [-0.3, -0.25) is 14.4 Å². The number of amides is 1. The van der Waals surface area contributed by atoms with Crippen molar-refractivity contribution in [2.45, 2.75) is 6.92 Å². The molecule has 0 spiro atoms. The average Bonchev–Trinajstić information content (AvgIpc) is 3.06. The maximum Gasteiger partial charge on any atom is 0.260 e. The molecule has 0 aromatic heterocycles. The predicted molar refractivity (Wildman–Crippen MR) is 93.7 cm³/mol. The molecule has 5 nitrogen and oxygen atoms in total. The lowest BCUT2D eigenvalue weighted by Crippen LogP contribution is -2.26. The van der Waals surface area contributed by atoms with E-state index >= 15 is 0 Å². The van der Waals surface area contributed by atoms with E-state index in [0.717, 1.165) is 0 Å². The van der Waals surface area contributed by atoms with Crippen molar-refractivity contribution in [1.29, 1.82) is 0 Å². The molecule has 2 aliphatic rings. The normalized spacial score (nSPS) is 19.3. The minimum Gasteiger partial charge on any atom is -0.288 e. The topological polar surface area (TPSA) is 66.8 Å². The fraction of sp³-hybridized carbons (Fsp3) is 0.100. The predicted octanol–water partition coefficient (Wildman–Crippen LogP) is 3.03. The molecule has 1 heterocycles. The molecule has 0 fully saturated rings. The van der Waals surface area contributed by atoms with Crippen LogP contribution < -0.4 is 5.01 Å². The number of para-hydroxylation sites is 1. The summed E-state index contributed by atoms with van der Waals surface area (Å²) in [5.41, 5.74) is 2.03. The van der Waals surface area contributed by atoms with E-state index < -0.39 is 5.92 Å². The van der Waals surface area contributed by atoms with Crippen molar-refractivity contribution < 1.29 is 14.4 Å². The molecule has 1 aliphatic carbocycles. The van der Waals surface area contributed by atoms with E-state index in [-0.39, 0.29) is 23.0 Å². The third-order valence-electron chi connectivity index (χ3n) is 4.42. The van der Waals surface area contributed by atoms with Gasteiger partial charge in [0, 0.05) is 11.1 Å². The molecule has 0 saturated heterocycles. The molecule has 0 unspecified atom stereocenters. The SMILES string of the molecule is CC1=NN(c2ccccc2)C(=O)[C@@H]1C=C1C(=O)c2ccccc2C1=O. The number of carbonyl (C=O) groups excluding carboxylic acids is 3. The first-order chi connectivity index (χ1) is 12.1. The highest BCUT2D eigenvalue weighted by atomic mass is 16.2. The van der Waals surface area contributed by atoms with Crippen LogP contribution in [0.2, 0.25) is 0 Å². The highest BCUT2D eigenvalue weighted by Crippen LogP contribution is 2.30. The van der Waals surface area contributed by atoms with Gasteiger partial charge in [-0.1, -0.05) is 48.5 Å². The summed E-state index contributed by atoms with van der Waals surface area (Å²) in [5.74, 6) is -1.65. The van der Waals surface area contributed by atoms with Crippen LogP contribution in [-0.4, -0.2) is 23.2 Å². The first-order valence-corrected chi connectivity index (χ1v) is 7.92. The van der Waals surface area contributed by atoms with Crippen LogP contribution in [0.1, 0.15) is 27.6 Å². The standard InChI is InChI=1S/C20H14N2O3/c1-12-16(20(25)22(21-12)13-7-3-2-4-8-13)11-17-18(23)14-9-5-6-10-15(14)19(17)24/h2-11,16H,1H3/t16-/m1/s1. The number of Topliss-reactive ketones (excluding diaryl/α,β-unsaturated/α-hetero) is 2. The van der Waals surface area contributed by atoms with Gasteiger partial charge in [-0.2, -0.15) is 10.1 Å². The number of hydrazone groups is 1. The number of fused-ring (bicyclic) bond motifs is 1. The minimum absolute atomic E-state index is 0.0454. The number of allylic oxidation sites excluding steroid dienone is 1. The van der Waals surface area contributed by atoms with Crippen LogP contribution in [0.5, 0.6) is 0 Å². The van der Waals surface area contributed by atoms with Gasteiger partial charge in [0.2, 0.25) is 0 Å². The van der Waals surface area contributed by atoms with Crippen LogP contribution in [-0.2, 0) is 4.79 Å². The van der Waals surface area contributed by atoms with Gasteiger partial charge in [-0.15, -0.1) is 0 Å². The van der Waals surface area contributed by atoms with Crippen LogP contribution in [0.3, 0.4) is 0 Å². The number of hydrogen-bond donors (Lipinski definition) is 0. The Kier molecular flexibility index (Phi) is 3.42. The van der Waals surface area contributed by atoms with Crippen molar-refractivity contribution >= 4 is 28.9 Å². The number of anilines is 1. The Balaban J connectivity index is 1.69. The molecule has 5 heteroatoms. The second-order valence-corrected chi connectivity index (χ2v) is 5.99. The molecular weight excluding hydrogens is 316 g/mol. The summed E-state index contributed by atoms with van der Waals surface area (Å²) in [4.78, 5) is 37.7. The Bertz CT molecular complexity index is 936. The summed E-state index contributed by atoms with van der Waals surface area (Å²) in [6.07, 6.45) is 1.45. The van der Waals surface area contributed by atoms with Gasteiger partial charge in [0.05, 0.1) is 22.9 Å². The van der Waals surface area contributed by atoms with Crippen molar-refractivity contribution in [1.82, 2.24) is 0 Å². The number of benzene rings is 2. The van der Waals surface area contributed by atoms with Gasteiger partial charge in [-0.05, 0) is 19.1 Å². The van der Waals surface area contributed by atoms with Gasteiger partial charge >= 0.3 is 0 Å². The summed E-state index contributed by atoms with van der Waals surface area (Å²) in [6, 6.07) is 15.8. The second kappa shape index (κ2) is 5.63. The van der Waals surface area contributed by atoms with Crippen molar-refractivity contribution in [3.63, 3.8) is 0 Å². The largest absolute Gasteiger partial charge is 0.288 e. The van der Waals surface area contributed by atoms with Gasteiger partial charge in [-0.25, -0.2) is 0 Å². The van der Waals surface area contributed by atoms with Crippen molar-refractivity contribution in [3.8, 4) is 0 Å². The molecule has 0 radical (unpaired) electrons. The fourth-order valence-electron chi connectivity index (χ4n) is 3.12. The Morgan fingerprint density at radius 2 is 1.44 bits per heavy atom. The molecule has 2 aromatic rings. The van der Waals surface area contributed by atoms with Crippen molar-refractivity contribution in [2.75, 3.05) is 5.01 Å². The smallest absolute Gasteiger partial charge is 0.260 e. The van der Waals surface area contributed by atoms with Crippen molar-refractivity contribution in [2.24, 2.45) is 11.0 Å². The Morgan fingerprint density at radius 1 is 0.880 bits per heavy atom. The molecule has 0 N–H and O–H groups in total. The van der Waals surface area contributed by atoms with Crippen LogP contribution in [0.25, 0.3) is 0 Å². The number of rotatable bonds is 2. The summed E-state index contributed by atoms with van der Waals surface area (Å²) in [5, 5.41) is 5.61. The number of hydrogen-bond acceptors (Lipinski definition) is 4. The molecule has 4 rings (SSSR count). The van der Waals surface area contributed by atoms with Gasteiger partial charge in [0.25, 0.3) is 5.91 Å². The first-order valence-electron chi connectivity index (χ1n) is 7.92. The van der Waals surface area contributed by atoms with Gasteiger partial charge in [0.1, 0.15) is 0 Å². The molecule has 1 amide bonds. The van der Waals surface area contributed by atoms with E-state index in [9.17, 15) is 14.4 Å². The van der Waals surface area contributed by atoms with Crippen LogP contribution in [0.4, 0.5) is 5.69 Å². The zero-order valence-electron chi connectivity index (χ0n) is 13.5. The zero-order valence-corrected chi connectivity index (χ0v) is 13.5. The number of ketones is 2. The zero-order chi connectivity index (χ0) is 17.6. The lowest BCUT2D eigenvalue weighted by molar-refractivity contribution is -0.118. The molecule has 0 saturated carbocycles. The van der Waals surface area contributed by atoms with Gasteiger partial charge in [0.15, 0.2) is 11.6 Å². The Labute approximate surface area is 144 Å². The van der Waals surface area contributed by atoms with Crippen LogP contribution in [0, 0.1) is 5.92 Å². The lowest BCUT2D eigenvalue weighted by Gasteiger charge is -2.12. The number of nitrogens with zero attached hydrogens (tertiary/aromatic N) is 2. The second-order valence-electron chi connectivity index (χ2n) is 5.99. The molecule has 0 bridgehead atoms. The molecule has 1 aliphatic heterocycles.